The second kappa shape index (κ2) is 11.5. The van der Waals surface area contributed by atoms with Gasteiger partial charge >= 0.3 is 6.01 Å². The molecule has 8 heteroatoms. The van der Waals surface area contributed by atoms with Crippen LogP contribution in [0.4, 0.5) is 6.01 Å². The number of hydrogen-bond donors (Lipinski definition) is 2. The van der Waals surface area contributed by atoms with E-state index in [0.29, 0.717) is 24.1 Å². The molecule has 8 nitrogen and oxygen atoms in total. The summed E-state index contributed by atoms with van der Waals surface area (Å²) in [5, 5.41) is 16.0. The number of piperidine rings is 1. The van der Waals surface area contributed by atoms with Gasteiger partial charge in [-0.25, -0.2) is 0 Å². The molecule has 2 aromatic rings. The van der Waals surface area contributed by atoms with E-state index < -0.39 is 0 Å². The number of carbonyl (C=O) groups is 1. The minimum absolute atomic E-state index is 0.0833. The lowest BCUT2D eigenvalue weighted by Crippen LogP contribution is -2.35. The molecule has 1 atom stereocenters. The van der Waals surface area contributed by atoms with Crippen LogP contribution < -0.4 is 15.0 Å². The van der Waals surface area contributed by atoms with Crippen molar-refractivity contribution < 1.29 is 19.2 Å². The Kier molecular flexibility index (Phi) is 8.72. The van der Waals surface area contributed by atoms with E-state index in [2.05, 4.69) is 34.2 Å². The van der Waals surface area contributed by atoms with Gasteiger partial charge < -0.3 is 24.6 Å². The van der Waals surface area contributed by atoms with Gasteiger partial charge in [-0.15, -0.1) is 0 Å². The van der Waals surface area contributed by atoms with E-state index in [1.54, 1.807) is 6.92 Å². The van der Waals surface area contributed by atoms with Crippen molar-refractivity contribution in [2.75, 3.05) is 31.2 Å². The lowest BCUT2D eigenvalue weighted by molar-refractivity contribution is 0.0921. The summed E-state index contributed by atoms with van der Waals surface area (Å²) in [6.45, 7) is 12.2. The van der Waals surface area contributed by atoms with Crippen LogP contribution in [-0.2, 0) is 0 Å². The molecule has 1 aliphatic heterocycles. The fraction of sp³-hybridized carbons (Fsp3) is 0.640. The first-order valence-electron chi connectivity index (χ1n) is 12.0. The van der Waals surface area contributed by atoms with Crippen molar-refractivity contribution in [1.82, 2.24) is 15.5 Å². The zero-order chi connectivity index (χ0) is 24.0. The van der Waals surface area contributed by atoms with Gasteiger partial charge in [0.25, 0.3) is 5.91 Å². The van der Waals surface area contributed by atoms with E-state index in [9.17, 15) is 4.79 Å². The van der Waals surface area contributed by atoms with Crippen LogP contribution >= 0.6 is 0 Å². The van der Waals surface area contributed by atoms with Gasteiger partial charge in [-0.05, 0) is 75.6 Å². The number of aromatic nitrogens is 2. The molecule has 2 heterocycles. The summed E-state index contributed by atoms with van der Waals surface area (Å²) in [6, 6.07) is 4.21. The van der Waals surface area contributed by atoms with Crippen LogP contribution in [0.5, 0.6) is 5.75 Å². The van der Waals surface area contributed by atoms with Crippen molar-refractivity contribution in [2.24, 2.45) is 5.92 Å². The minimum Gasteiger partial charge on any atom is -0.494 e. The molecule has 0 radical (unpaired) electrons. The zero-order valence-corrected chi connectivity index (χ0v) is 20.6. The number of hydrogen-bond acceptors (Lipinski definition) is 7. The number of rotatable bonds is 10. The van der Waals surface area contributed by atoms with Crippen molar-refractivity contribution in [2.45, 2.75) is 72.3 Å². The SMILES string of the molecule is Cc1cc(OCCCC2CCN(c3nc(C(C)C)no3)CC2)cc(C)c1C(=O)NC(C)CO. The first-order valence-corrected chi connectivity index (χ1v) is 12.0. The normalized spacial score (nSPS) is 15.7. The molecule has 0 spiro atoms. The Balaban J connectivity index is 1.41. The molecule has 1 saturated heterocycles. The molecule has 1 aromatic carbocycles. The van der Waals surface area contributed by atoms with Crippen molar-refractivity contribution in [1.29, 1.82) is 0 Å². The second-order valence-corrected chi connectivity index (χ2v) is 9.50. The molecule has 1 amide bonds. The summed E-state index contributed by atoms with van der Waals surface area (Å²) in [5.41, 5.74) is 2.40. The quantitative estimate of drug-likeness (QED) is 0.519. The number of nitrogens with zero attached hydrogens (tertiary/aromatic N) is 3. The Bertz CT molecular complexity index is 896. The molecule has 1 aliphatic rings. The number of amides is 1. The van der Waals surface area contributed by atoms with Crippen molar-refractivity contribution in [3.8, 4) is 5.75 Å². The molecular weight excluding hydrogens is 420 g/mol. The third-order valence-electron chi connectivity index (χ3n) is 6.24. The number of aryl methyl sites for hydroxylation is 2. The first-order chi connectivity index (χ1) is 15.8. The van der Waals surface area contributed by atoms with Crippen LogP contribution in [0.2, 0.25) is 0 Å². The van der Waals surface area contributed by atoms with E-state index in [-0.39, 0.29) is 24.5 Å². The summed E-state index contributed by atoms with van der Waals surface area (Å²) < 4.78 is 11.4. The van der Waals surface area contributed by atoms with Crippen LogP contribution in [-0.4, -0.2) is 53.5 Å². The maximum Gasteiger partial charge on any atom is 0.324 e. The smallest absolute Gasteiger partial charge is 0.324 e. The number of aliphatic hydroxyl groups is 1. The molecule has 33 heavy (non-hydrogen) atoms. The molecule has 2 N–H and O–H groups in total. The van der Waals surface area contributed by atoms with E-state index in [1.165, 1.54) is 0 Å². The highest BCUT2D eigenvalue weighted by Crippen LogP contribution is 2.27. The van der Waals surface area contributed by atoms with E-state index in [1.807, 2.05) is 26.0 Å². The van der Waals surface area contributed by atoms with E-state index in [4.69, 9.17) is 14.4 Å². The number of carbonyl (C=O) groups excluding carboxylic acids is 1. The Labute approximate surface area is 196 Å². The highest BCUT2D eigenvalue weighted by Gasteiger charge is 2.23. The molecule has 1 unspecified atom stereocenters. The van der Waals surface area contributed by atoms with Gasteiger partial charge in [0.15, 0.2) is 5.82 Å². The number of benzene rings is 1. The predicted octanol–water partition coefficient (Wildman–Crippen LogP) is 4.00. The van der Waals surface area contributed by atoms with Gasteiger partial charge in [0, 0.05) is 30.6 Å². The van der Waals surface area contributed by atoms with Gasteiger partial charge in [0.2, 0.25) is 0 Å². The van der Waals surface area contributed by atoms with Gasteiger partial charge in [0.1, 0.15) is 5.75 Å². The Hall–Kier alpha value is -2.61. The van der Waals surface area contributed by atoms with Crippen LogP contribution in [0, 0.1) is 19.8 Å². The number of nitrogens with one attached hydrogen (secondary N) is 1. The number of anilines is 1. The van der Waals surface area contributed by atoms with Gasteiger partial charge in [-0.2, -0.15) is 4.98 Å². The lowest BCUT2D eigenvalue weighted by Gasteiger charge is -2.30. The summed E-state index contributed by atoms with van der Waals surface area (Å²) in [5.74, 6) is 2.36. The Morgan fingerprint density at radius 2 is 1.91 bits per heavy atom. The van der Waals surface area contributed by atoms with Crippen LogP contribution in [0.3, 0.4) is 0 Å². The topological polar surface area (TPSA) is 101 Å². The minimum atomic E-state index is -0.274. The van der Waals surface area contributed by atoms with Gasteiger partial charge in [-0.1, -0.05) is 19.0 Å². The van der Waals surface area contributed by atoms with Crippen molar-refractivity contribution in [3.63, 3.8) is 0 Å². The Morgan fingerprint density at radius 3 is 2.48 bits per heavy atom. The number of ether oxygens (including phenoxy) is 1. The molecular formula is C25H38N4O4. The average Bonchev–Trinajstić information content (AvgIpc) is 3.27. The summed E-state index contributed by atoms with van der Waals surface area (Å²) >= 11 is 0. The van der Waals surface area contributed by atoms with E-state index in [0.717, 1.165) is 61.5 Å². The molecule has 0 aliphatic carbocycles. The molecule has 182 valence electrons. The average molecular weight is 459 g/mol. The second-order valence-electron chi connectivity index (χ2n) is 9.50. The standard InChI is InChI=1S/C25H38N4O4/c1-16(2)23-27-25(33-28-23)29-10-8-20(9-11-29)7-6-12-32-21-13-17(3)22(18(4)14-21)24(31)26-19(5)15-30/h13-14,16,19-20,30H,6-12,15H2,1-5H3,(H,26,31). The lowest BCUT2D eigenvalue weighted by atomic mass is 9.92. The van der Waals surface area contributed by atoms with Gasteiger partial charge in [0.05, 0.1) is 13.2 Å². The number of aliphatic hydroxyl groups excluding tert-OH is 1. The van der Waals surface area contributed by atoms with Crippen LogP contribution in [0.1, 0.15) is 79.7 Å². The first kappa shape index (κ1) is 25.0. The monoisotopic (exact) mass is 458 g/mol. The van der Waals surface area contributed by atoms with Crippen LogP contribution in [0.15, 0.2) is 16.7 Å². The predicted molar refractivity (Wildman–Crippen MR) is 128 cm³/mol. The molecule has 1 aromatic heterocycles. The fourth-order valence-electron chi connectivity index (χ4n) is 4.27. The van der Waals surface area contributed by atoms with Crippen molar-refractivity contribution >= 4 is 11.9 Å². The third-order valence-corrected chi connectivity index (χ3v) is 6.24. The molecule has 0 saturated carbocycles. The summed E-state index contributed by atoms with van der Waals surface area (Å²) in [7, 11) is 0. The summed E-state index contributed by atoms with van der Waals surface area (Å²) in [4.78, 5) is 19.2. The maximum atomic E-state index is 12.5. The zero-order valence-electron chi connectivity index (χ0n) is 20.6. The molecule has 1 fully saturated rings. The third kappa shape index (κ3) is 6.69. The maximum absolute atomic E-state index is 12.5. The van der Waals surface area contributed by atoms with Crippen molar-refractivity contribution in [3.05, 3.63) is 34.6 Å². The Morgan fingerprint density at radius 1 is 1.24 bits per heavy atom. The fourth-order valence-corrected chi connectivity index (χ4v) is 4.27. The highest BCUT2D eigenvalue weighted by atomic mass is 16.5. The van der Waals surface area contributed by atoms with Crippen LogP contribution in [0.25, 0.3) is 0 Å². The van der Waals surface area contributed by atoms with Gasteiger partial charge in [-0.3, -0.25) is 4.79 Å². The largest absolute Gasteiger partial charge is 0.494 e. The highest BCUT2D eigenvalue weighted by molar-refractivity contribution is 5.97. The van der Waals surface area contributed by atoms with E-state index >= 15 is 0 Å². The molecule has 3 rings (SSSR count). The molecule has 0 bridgehead atoms. The summed E-state index contributed by atoms with van der Waals surface area (Å²) in [6.07, 6.45) is 4.37.